The maximum absolute atomic E-state index is 12.2. The normalized spacial score (nSPS) is 10.4. The Hall–Kier alpha value is -3.94. The molecule has 8 nitrogen and oxygen atoms in total. The highest BCUT2D eigenvalue weighted by Crippen LogP contribution is 2.32. The average molecular weight is 434 g/mol. The van der Waals surface area contributed by atoms with Gasteiger partial charge in [-0.15, -0.1) is 0 Å². The number of hydrogen-bond acceptors (Lipinski definition) is 6. The number of aryl methyl sites for hydroxylation is 2. The molecule has 0 bridgehead atoms. The first-order valence-corrected chi connectivity index (χ1v) is 10.2. The summed E-state index contributed by atoms with van der Waals surface area (Å²) in [6.07, 6.45) is 0.778. The third-order valence-electron chi connectivity index (χ3n) is 5.16. The first-order chi connectivity index (χ1) is 15.5. The molecule has 1 heterocycles. The number of para-hydroxylation sites is 1. The van der Waals surface area contributed by atoms with Crippen LogP contribution in [-0.2, 0) is 13.0 Å². The van der Waals surface area contributed by atoms with Gasteiger partial charge in [0.1, 0.15) is 12.4 Å². The van der Waals surface area contributed by atoms with Crippen molar-refractivity contribution < 1.29 is 14.3 Å². The summed E-state index contributed by atoms with van der Waals surface area (Å²) in [6, 6.07) is 16.8. The van der Waals surface area contributed by atoms with Gasteiger partial charge in [0, 0.05) is 41.2 Å². The van der Waals surface area contributed by atoms with Gasteiger partial charge in [-0.2, -0.15) is 10.5 Å². The van der Waals surface area contributed by atoms with Gasteiger partial charge in [0.05, 0.1) is 7.11 Å². The molecule has 3 aromatic rings. The lowest BCUT2D eigenvalue weighted by Crippen LogP contribution is -2.27. The molecule has 166 valence electrons. The summed E-state index contributed by atoms with van der Waals surface area (Å²) in [7, 11) is 3.06. The third-order valence-corrected chi connectivity index (χ3v) is 5.16. The van der Waals surface area contributed by atoms with Gasteiger partial charge in [0.2, 0.25) is 5.88 Å². The van der Waals surface area contributed by atoms with E-state index in [2.05, 4.69) is 15.5 Å². The van der Waals surface area contributed by atoms with Crippen molar-refractivity contribution in [2.24, 2.45) is 5.22 Å². The number of ether oxygens (including phenoxy) is 2. The fraction of sp³-hybridized carbons (Fsp3) is 0.250. The van der Waals surface area contributed by atoms with Crippen LogP contribution < -0.4 is 14.8 Å². The van der Waals surface area contributed by atoms with Crippen LogP contribution >= 0.6 is 0 Å². The predicted molar refractivity (Wildman–Crippen MR) is 123 cm³/mol. The molecule has 0 aliphatic carbocycles. The SMILES string of the molecule is CCc1cccc(NC(=O)N(C)N=N)c1COc1ccc(-c2ccccc2OC)c(C)n1. The molecular formula is C24H27N5O3. The van der Waals surface area contributed by atoms with Crippen LogP contribution in [0.15, 0.2) is 59.8 Å². The van der Waals surface area contributed by atoms with Gasteiger partial charge in [0.15, 0.2) is 0 Å². The van der Waals surface area contributed by atoms with Crippen LogP contribution in [0.25, 0.3) is 11.1 Å². The topological polar surface area (TPSA) is 99.9 Å². The van der Waals surface area contributed by atoms with Gasteiger partial charge in [-0.1, -0.05) is 42.5 Å². The number of hydrogen-bond donors (Lipinski definition) is 2. The second-order valence-corrected chi connectivity index (χ2v) is 7.12. The molecule has 2 aromatic carbocycles. The number of nitrogens with zero attached hydrogens (tertiary/aromatic N) is 3. The number of nitrogens with one attached hydrogen (secondary N) is 2. The van der Waals surface area contributed by atoms with E-state index in [1.807, 2.05) is 62.4 Å². The molecule has 0 saturated heterocycles. The summed E-state index contributed by atoms with van der Waals surface area (Å²) in [6.45, 7) is 4.21. The van der Waals surface area contributed by atoms with Crippen LogP contribution in [0, 0.1) is 12.5 Å². The second kappa shape index (κ2) is 10.4. The van der Waals surface area contributed by atoms with Gasteiger partial charge in [-0.25, -0.2) is 9.78 Å². The van der Waals surface area contributed by atoms with Crippen LogP contribution in [0.5, 0.6) is 11.6 Å². The maximum atomic E-state index is 12.2. The minimum absolute atomic E-state index is 0.238. The Balaban J connectivity index is 1.83. The molecule has 2 amide bonds. The van der Waals surface area contributed by atoms with Crippen LogP contribution in [0.1, 0.15) is 23.7 Å². The zero-order valence-corrected chi connectivity index (χ0v) is 18.7. The summed E-state index contributed by atoms with van der Waals surface area (Å²) in [5.74, 6) is 1.27. The fourth-order valence-corrected chi connectivity index (χ4v) is 3.41. The summed E-state index contributed by atoms with van der Waals surface area (Å²) in [4.78, 5) is 16.8. The van der Waals surface area contributed by atoms with Crippen molar-refractivity contribution in [2.45, 2.75) is 26.9 Å². The molecule has 0 radical (unpaired) electrons. The van der Waals surface area contributed by atoms with Gasteiger partial charge in [-0.05, 0) is 37.1 Å². The second-order valence-electron chi connectivity index (χ2n) is 7.12. The Morgan fingerprint density at radius 3 is 2.59 bits per heavy atom. The van der Waals surface area contributed by atoms with E-state index in [-0.39, 0.29) is 6.61 Å². The zero-order valence-electron chi connectivity index (χ0n) is 18.7. The number of anilines is 1. The Kier molecular flexibility index (Phi) is 7.38. The first-order valence-electron chi connectivity index (χ1n) is 10.2. The molecule has 8 heteroatoms. The highest BCUT2D eigenvalue weighted by molar-refractivity contribution is 5.90. The van der Waals surface area contributed by atoms with Gasteiger partial charge in [-0.3, -0.25) is 0 Å². The van der Waals surface area contributed by atoms with Crippen molar-refractivity contribution >= 4 is 11.7 Å². The van der Waals surface area contributed by atoms with E-state index in [1.54, 1.807) is 13.2 Å². The van der Waals surface area contributed by atoms with Gasteiger partial charge in [0.25, 0.3) is 0 Å². The lowest BCUT2D eigenvalue weighted by molar-refractivity contribution is 0.220. The zero-order chi connectivity index (χ0) is 23.1. The largest absolute Gasteiger partial charge is 0.496 e. The van der Waals surface area contributed by atoms with E-state index in [0.29, 0.717) is 11.6 Å². The molecule has 3 rings (SSSR count). The smallest absolute Gasteiger partial charge is 0.343 e. The molecule has 0 saturated carbocycles. The molecule has 0 aliphatic heterocycles. The Morgan fingerprint density at radius 2 is 1.91 bits per heavy atom. The van der Waals surface area contributed by atoms with E-state index in [0.717, 1.165) is 45.1 Å². The number of carbonyl (C=O) groups excluding carboxylic acids is 1. The number of rotatable bonds is 8. The maximum Gasteiger partial charge on any atom is 0.343 e. The van der Waals surface area contributed by atoms with Crippen molar-refractivity contribution in [1.82, 2.24) is 9.99 Å². The van der Waals surface area contributed by atoms with Crippen molar-refractivity contribution in [3.8, 4) is 22.8 Å². The summed E-state index contributed by atoms with van der Waals surface area (Å²) in [5.41, 5.74) is 12.3. The number of urea groups is 1. The summed E-state index contributed by atoms with van der Waals surface area (Å²) < 4.78 is 11.5. The molecule has 2 N–H and O–H groups in total. The first kappa shape index (κ1) is 22.7. The van der Waals surface area contributed by atoms with Crippen molar-refractivity contribution in [3.05, 3.63) is 71.4 Å². The standard InChI is InChI=1S/C24H27N5O3/c1-5-17-9-8-11-21(27-24(30)29(3)28-25)20(17)15-32-23-14-13-18(16(2)26-23)19-10-6-7-12-22(19)31-4/h6-14,25H,5,15H2,1-4H3,(H,27,30). The lowest BCUT2D eigenvalue weighted by Gasteiger charge is -2.17. The van der Waals surface area contributed by atoms with Crippen LogP contribution in [-0.4, -0.2) is 30.2 Å². The van der Waals surface area contributed by atoms with E-state index in [4.69, 9.17) is 15.0 Å². The fourth-order valence-electron chi connectivity index (χ4n) is 3.41. The number of amides is 2. The van der Waals surface area contributed by atoms with Gasteiger partial charge < -0.3 is 14.8 Å². The molecular weight excluding hydrogens is 406 g/mol. The molecule has 32 heavy (non-hydrogen) atoms. The monoisotopic (exact) mass is 433 g/mol. The molecule has 0 unspecified atom stereocenters. The minimum atomic E-state index is -0.496. The Morgan fingerprint density at radius 1 is 1.12 bits per heavy atom. The summed E-state index contributed by atoms with van der Waals surface area (Å²) >= 11 is 0. The van der Waals surface area contributed by atoms with Crippen molar-refractivity contribution in [1.29, 1.82) is 5.53 Å². The summed E-state index contributed by atoms with van der Waals surface area (Å²) in [5, 5.41) is 6.83. The van der Waals surface area contributed by atoms with E-state index < -0.39 is 6.03 Å². The lowest BCUT2D eigenvalue weighted by atomic mass is 10.0. The molecule has 0 fully saturated rings. The highest BCUT2D eigenvalue weighted by Gasteiger charge is 2.15. The number of benzene rings is 2. The third kappa shape index (κ3) is 5.03. The quantitative estimate of drug-likeness (QED) is 0.356. The molecule has 0 spiro atoms. The number of methoxy groups -OCH3 is 1. The average Bonchev–Trinajstić information content (AvgIpc) is 2.82. The van der Waals surface area contributed by atoms with Crippen LogP contribution in [0.4, 0.5) is 10.5 Å². The van der Waals surface area contributed by atoms with Crippen LogP contribution in [0.3, 0.4) is 0 Å². The van der Waals surface area contributed by atoms with E-state index in [1.165, 1.54) is 7.05 Å². The minimum Gasteiger partial charge on any atom is -0.496 e. The van der Waals surface area contributed by atoms with Crippen LogP contribution in [0.2, 0.25) is 0 Å². The Labute approximate surface area is 187 Å². The molecule has 0 atom stereocenters. The molecule has 1 aromatic heterocycles. The number of pyridine rings is 1. The highest BCUT2D eigenvalue weighted by atomic mass is 16.5. The number of aromatic nitrogens is 1. The Bertz CT molecular complexity index is 1120. The van der Waals surface area contributed by atoms with Crippen molar-refractivity contribution in [3.63, 3.8) is 0 Å². The van der Waals surface area contributed by atoms with Crippen molar-refractivity contribution in [2.75, 3.05) is 19.5 Å². The van der Waals surface area contributed by atoms with E-state index >= 15 is 0 Å². The van der Waals surface area contributed by atoms with Gasteiger partial charge >= 0.3 is 6.03 Å². The molecule has 0 aliphatic rings. The number of carbonyl (C=O) groups is 1. The predicted octanol–water partition coefficient (Wildman–Crippen LogP) is 5.62. The van der Waals surface area contributed by atoms with E-state index in [9.17, 15) is 4.79 Å².